The van der Waals surface area contributed by atoms with Gasteiger partial charge in [-0.2, -0.15) is 0 Å². The largest absolute Gasteiger partial charge is 0.549 e. The Morgan fingerprint density at radius 2 is 1.81 bits per heavy atom. The molecule has 0 aliphatic heterocycles. The molecule has 1 aromatic rings. The van der Waals surface area contributed by atoms with Gasteiger partial charge >= 0.3 is 0 Å². The first-order valence-corrected chi connectivity index (χ1v) is 4.83. The summed E-state index contributed by atoms with van der Waals surface area (Å²) in [5.74, 6) is -2.37. The predicted octanol–water partition coefficient (Wildman–Crippen LogP) is 0.294. The van der Waals surface area contributed by atoms with Crippen molar-refractivity contribution >= 4 is 17.6 Å². The average Bonchev–Trinajstić information content (AvgIpc) is 3.02. The normalized spacial score (nSPS) is 16.6. The second kappa shape index (κ2) is 3.59. The Bertz CT molecular complexity index is 437. The van der Waals surface area contributed by atoms with Crippen molar-refractivity contribution in [2.45, 2.75) is 12.8 Å². The van der Waals surface area contributed by atoms with Crippen LogP contribution in [0.2, 0.25) is 0 Å². The lowest BCUT2D eigenvalue weighted by Gasteiger charge is -2.15. The van der Waals surface area contributed by atoms with Crippen molar-refractivity contribution in [2.24, 2.45) is 5.41 Å². The summed E-state index contributed by atoms with van der Waals surface area (Å²) in [7, 11) is 0. The summed E-state index contributed by atoms with van der Waals surface area (Å²) in [4.78, 5) is 22.3. The molecule has 2 rings (SSSR count). The lowest BCUT2D eigenvalue weighted by molar-refractivity contribution is -0.311. The summed E-state index contributed by atoms with van der Waals surface area (Å²) >= 11 is 0. The number of nitrogens with one attached hydrogen (secondary N) is 1. The minimum Gasteiger partial charge on any atom is -0.549 e. The fraction of sp³-hybridized carbons (Fsp3) is 0.273. The van der Waals surface area contributed by atoms with Crippen LogP contribution in [0.25, 0.3) is 0 Å². The average molecular weight is 222 g/mol. The number of hydrogen-bond donors (Lipinski definition) is 1. The zero-order valence-corrected chi connectivity index (χ0v) is 8.33. The number of amides is 1. The number of carbonyl (C=O) groups excluding carboxylic acids is 2. The Labute approximate surface area is 91.1 Å². The summed E-state index contributed by atoms with van der Waals surface area (Å²) in [5.41, 5.74) is -1.01. The second-order valence-corrected chi connectivity index (χ2v) is 3.83. The van der Waals surface area contributed by atoms with Crippen LogP contribution < -0.4 is 10.4 Å². The molecule has 0 saturated heterocycles. The number of carbonyl (C=O) groups is 2. The minimum atomic E-state index is -1.38. The molecule has 84 valence electrons. The van der Waals surface area contributed by atoms with E-state index in [1.165, 1.54) is 24.3 Å². The van der Waals surface area contributed by atoms with Crippen LogP contribution in [0, 0.1) is 11.2 Å². The molecular weight excluding hydrogens is 213 g/mol. The van der Waals surface area contributed by atoms with Crippen LogP contribution in [0.3, 0.4) is 0 Å². The summed E-state index contributed by atoms with van der Waals surface area (Å²) < 4.78 is 12.6. The van der Waals surface area contributed by atoms with E-state index in [4.69, 9.17) is 0 Å². The third-order valence-corrected chi connectivity index (χ3v) is 2.68. The maximum Gasteiger partial charge on any atom is 0.236 e. The molecule has 0 heterocycles. The number of aliphatic carboxylic acids is 1. The Morgan fingerprint density at radius 3 is 2.25 bits per heavy atom. The van der Waals surface area contributed by atoms with Gasteiger partial charge in [-0.15, -0.1) is 0 Å². The van der Waals surface area contributed by atoms with E-state index in [9.17, 15) is 19.1 Å². The molecule has 1 N–H and O–H groups in total. The zero-order valence-electron chi connectivity index (χ0n) is 8.33. The van der Waals surface area contributed by atoms with Gasteiger partial charge in [0.15, 0.2) is 0 Å². The molecule has 1 aromatic carbocycles. The Hall–Kier alpha value is -1.91. The highest BCUT2D eigenvalue weighted by atomic mass is 19.1. The van der Waals surface area contributed by atoms with Gasteiger partial charge in [-0.1, -0.05) is 0 Å². The zero-order chi connectivity index (χ0) is 11.8. The topological polar surface area (TPSA) is 69.2 Å². The van der Waals surface area contributed by atoms with E-state index >= 15 is 0 Å². The monoisotopic (exact) mass is 222 g/mol. The van der Waals surface area contributed by atoms with E-state index in [1.807, 2.05) is 0 Å². The number of benzene rings is 1. The van der Waals surface area contributed by atoms with Crippen molar-refractivity contribution < 1.29 is 19.1 Å². The quantitative estimate of drug-likeness (QED) is 0.747. The number of carboxylic acids is 1. The highest BCUT2D eigenvalue weighted by Gasteiger charge is 2.51. The molecule has 0 bridgehead atoms. The number of rotatable bonds is 3. The number of hydrogen-bond acceptors (Lipinski definition) is 3. The lowest BCUT2D eigenvalue weighted by atomic mass is 10.1. The molecule has 1 saturated carbocycles. The van der Waals surface area contributed by atoms with E-state index in [1.54, 1.807) is 0 Å². The molecule has 1 aliphatic rings. The molecule has 1 amide bonds. The van der Waals surface area contributed by atoms with Crippen LogP contribution in [-0.4, -0.2) is 11.9 Å². The maximum atomic E-state index is 12.6. The number of halogens is 1. The minimum absolute atomic E-state index is 0.294. The lowest BCUT2D eigenvalue weighted by Crippen LogP contribution is -2.41. The highest BCUT2D eigenvalue weighted by Crippen LogP contribution is 2.46. The van der Waals surface area contributed by atoms with Crippen molar-refractivity contribution in [3.05, 3.63) is 30.1 Å². The molecule has 1 aliphatic carbocycles. The Balaban J connectivity index is 2.08. The fourth-order valence-corrected chi connectivity index (χ4v) is 1.43. The van der Waals surface area contributed by atoms with Crippen molar-refractivity contribution in [3.8, 4) is 0 Å². The molecule has 5 heteroatoms. The third-order valence-electron chi connectivity index (χ3n) is 2.68. The third kappa shape index (κ3) is 1.76. The van der Waals surface area contributed by atoms with Crippen LogP contribution in [0.15, 0.2) is 24.3 Å². The summed E-state index contributed by atoms with van der Waals surface area (Å²) in [6.45, 7) is 0. The first kappa shape index (κ1) is 10.6. The van der Waals surface area contributed by atoms with Gasteiger partial charge in [0, 0.05) is 5.69 Å². The van der Waals surface area contributed by atoms with Crippen molar-refractivity contribution in [1.29, 1.82) is 0 Å². The van der Waals surface area contributed by atoms with Crippen LogP contribution in [0.4, 0.5) is 10.1 Å². The Morgan fingerprint density at radius 1 is 1.25 bits per heavy atom. The second-order valence-electron chi connectivity index (χ2n) is 3.83. The van der Waals surface area contributed by atoms with Gasteiger partial charge in [0.05, 0.1) is 11.4 Å². The molecular formula is C11H9FNO3-. The summed E-state index contributed by atoms with van der Waals surface area (Å²) in [5, 5.41) is 13.2. The summed E-state index contributed by atoms with van der Waals surface area (Å²) in [6.07, 6.45) is 0.588. The predicted molar refractivity (Wildman–Crippen MR) is 51.7 cm³/mol. The molecule has 4 nitrogen and oxygen atoms in total. The van der Waals surface area contributed by atoms with E-state index in [0.717, 1.165) is 0 Å². The van der Waals surface area contributed by atoms with Gasteiger partial charge in [0.1, 0.15) is 5.82 Å². The molecule has 0 aromatic heterocycles. The van der Waals surface area contributed by atoms with Crippen molar-refractivity contribution in [1.82, 2.24) is 0 Å². The highest BCUT2D eigenvalue weighted by molar-refractivity contribution is 6.10. The van der Waals surface area contributed by atoms with Crippen LogP contribution in [-0.2, 0) is 9.59 Å². The van der Waals surface area contributed by atoms with Gasteiger partial charge in [-0.25, -0.2) is 4.39 Å². The standard InChI is InChI=1S/C11H10FNO3/c12-7-1-3-8(4-2-7)13-9(14)11(5-6-11)10(15)16/h1-4H,5-6H2,(H,13,14)(H,15,16)/p-1. The van der Waals surface area contributed by atoms with Gasteiger partial charge in [-0.3, -0.25) is 4.79 Å². The Kier molecular flexibility index (Phi) is 2.38. The summed E-state index contributed by atoms with van der Waals surface area (Å²) in [6, 6.07) is 5.12. The molecule has 16 heavy (non-hydrogen) atoms. The molecule has 1 fully saturated rings. The van der Waals surface area contributed by atoms with Gasteiger partial charge in [0.2, 0.25) is 5.91 Å². The first-order chi connectivity index (χ1) is 7.54. The maximum absolute atomic E-state index is 12.6. The number of carboxylic acid groups (broad SMARTS) is 1. The van der Waals surface area contributed by atoms with Gasteiger partial charge in [0.25, 0.3) is 0 Å². The van der Waals surface area contributed by atoms with Gasteiger partial charge < -0.3 is 15.2 Å². The molecule has 0 atom stereocenters. The molecule has 0 unspecified atom stereocenters. The van der Waals surface area contributed by atoms with Crippen LogP contribution in [0.1, 0.15) is 12.8 Å². The van der Waals surface area contributed by atoms with Crippen LogP contribution in [0.5, 0.6) is 0 Å². The van der Waals surface area contributed by atoms with Gasteiger partial charge in [-0.05, 0) is 37.1 Å². The first-order valence-electron chi connectivity index (χ1n) is 4.83. The van der Waals surface area contributed by atoms with Crippen molar-refractivity contribution in [3.63, 3.8) is 0 Å². The SMILES string of the molecule is O=C([O-])C1(C(=O)Nc2ccc(F)cc2)CC1. The smallest absolute Gasteiger partial charge is 0.236 e. The van der Waals surface area contributed by atoms with E-state index < -0.39 is 23.1 Å². The number of anilines is 1. The fourth-order valence-electron chi connectivity index (χ4n) is 1.43. The van der Waals surface area contributed by atoms with E-state index in [2.05, 4.69) is 5.32 Å². The van der Waals surface area contributed by atoms with Crippen molar-refractivity contribution in [2.75, 3.05) is 5.32 Å². The van der Waals surface area contributed by atoms with E-state index in [0.29, 0.717) is 18.5 Å². The molecule has 0 radical (unpaired) electrons. The van der Waals surface area contributed by atoms with Crippen LogP contribution >= 0.6 is 0 Å². The van der Waals surface area contributed by atoms with E-state index in [-0.39, 0.29) is 0 Å². The molecule has 0 spiro atoms.